The number of carbonyl (C=O) groups is 1. The molecule has 124 valence electrons. The summed E-state index contributed by atoms with van der Waals surface area (Å²) in [5.74, 6) is 0.476. The fourth-order valence-electron chi connectivity index (χ4n) is 2.26. The lowest BCUT2D eigenvalue weighted by atomic mass is 10.1. The van der Waals surface area contributed by atoms with Gasteiger partial charge in [0.2, 0.25) is 0 Å². The fourth-order valence-corrected chi connectivity index (χ4v) is 2.26. The van der Waals surface area contributed by atoms with Gasteiger partial charge in [-0.25, -0.2) is 9.78 Å². The Kier molecular flexibility index (Phi) is 5.22. The van der Waals surface area contributed by atoms with Gasteiger partial charge in [-0.1, -0.05) is 12.1 Å². The minimum atomic E-state index is -0.615. The van der Waals surface area contributed by atoms with Crippen molar-refractivity contribution in [2.75, 3.05) is 25.3 Å². The number of methoxy groups -OCH3 is 2. The van der Waals surface area contributed by atoms with Crippen LogP contribution in [0.2, 0.25) is 0 Å². The summed E-state index contributed by atoms with van der Waals surface area (Å²) in [6.45, 7) is 2.09. The van der Waals surface area contributed by atoms with E-state index in [4.69, 9.17) is 10.5 Å². The summed E-state index contributed by atoms with van der Waals surface area (Å²) in [4.78, 5) is 16.1. The molecule has 1 heterocycles. The number of rotatable bonds is 5. The zero-order valence-electron chi connectivity index (χ0n) is 13.7. The third-order valence-corrected chi connectivity index (χ3v) is 3.54. The summed E-state index contributed by atoms with van der Waals surface area (Å²) in [5.41, 5.74) is 7.64. The highest BCUT2D eigenvalue weighted by Gasteiger charge is 2.21. The van der Waals surface area contributed by atoms with Crippen molar-refractivity contribution in [3.8, 4) is 11.8 Å². The van der Waals surface area contributed by atoms with Crippen LogP contribution < -0.4 is 15.8 Å². The van der Waals surface area contributed by atoms with E-state index < -0.39 is 5.97 Å². The van der Waals surface area contributed by atoms with Crippen molar-refractivity contribution in [2.45, 2.75) is 13.5 Å². The van der Waals surface area contributed by atoms with Gasteiger partial charge in [0.05, 0.1) is 25.6 Å². The number of aryl methyl sites for hydroxylation is 1. The van der Waals surface area contributed by atoms with Crippen molar-refractivity contribution in [2.24, 2.45) is 0 Å². The SMILES string of the molecule is COC(=O)c1c(C)nc(NCc2ccc(OC)cc2)c(C#N)c1N. The van der Waals surface area contributed by atoms with Crippen molar-refractivity contribution < 1.29 is 14.3 Å². The Bertz CT molecular complexity index is 795. The molecule has 0 atom stereocenters. The molecule has 24 heavy (non-hydrogen) atoms. The normalized spacial score (nSPS) is 9.92. The van der Waals surface area contributed by atoms with Crippen LogP contribution in [0.4, 0.5) is 11.5 Å². The third kappa shape index (κ3) is 3.38. The Morgan fingerprint density at radius 1 is 1.33 bits per heavy atom. The first-order chi connectivity index (χ1) is 11.5. The van der Waals surface area contributed by atoms with E-state index in [9.17, 15) is 10.1 Å². The maximum atomic E-state index is 11.8. The Labute approximate surface area is 140 Å². The summed E-state index contributed by atoms with van der Waals surface area (Å²) in [7, 11) is 2.86. The minimum Gasteiger partial charge on any atom is -0.497 e. The number of benzene rings is 1. The summed E-state index contributed by atoms with van der Waals surface area (Å²) >= 11 is 0. The van der Waals surface area contributed by atoms with Crippen LogP contribution in [0.5, 0.6) is 5.75 Å². The van der Waals surface area contributed by atoms with Crippen LogP contribution in [0.3, 0.4) is 0 Å². The number of nitrogens with zero attached hydrogens (tertiary/aromatic N) is 2. The molecule has 0 bridgehead atoms. The summed E-state index contributed by atoms with van der Waals surface area (Å²) in [5, 5.41) is 12.4. The number of ether oxygens (including phenoxy) is 2. The van der Waals surface area contributed by atoms with Crippen molar-refractivity contribution in [1.29, 1.82) is 5.26 Å². The minimum absolute atomic E-state index is 0.0640. The molecule has 0 aliphatic heterocycles. The average Bonchev–Trinajstić information content (AvgIpc) is 2.60. The van der Waals surface area contributed by atoms with E-state index in [1.165, 1.54) is 7.11 Å². The predicted molar refractivity (Wildman–Crippen MR) is 89.8 cm³/mol. The zero-order chi connectivity index (χ0) is 17.7. The summed E-state index contributed by atoms with van der Waals surface area (Å²) in [6.07, 6.45) is 0. The van der Waals surface area contributed by atoms with E-state index in [0.29, 0.717) is 18.1 Å². The van der Waals surface area contributed by atoms with E-state index in [0.717, 1.165) is 11.3 Å². The molecule has 1 aromatic carbocycles. The van der Waals surface area contributed by atoms with E-state index >= 15 is 0 Å². The first kappa shape index (κ1) is 17.1. The molecule has 0 amide bonds. The van der Waals surface area contributed by atoms with Gasteiger partial charge in [0.15, 0.2) is 0 Å². The molecule has 0 saturated heterocycles. The van der Waals surface area contributed by atoms with Crippen LogP contribution >= 0.6 is 0 Å². The predicted octanol–water partition coefficient (Wildman–Crippen LogP) is 2.25. The highest BCUT2D eigenvalue weighted by molar-refractivity contribution is 5.98. The molecule has 1 aromatic heterocycles. The largest absolute Gasteiger partial charge is 0.497 e. The van der Waals surface area contributed by atoms with Gasteiger partial charge in [0.25, 0.3) is 0 Å². The Hall–Kier alpha value is -3.27. The highest BCUT2D eigenvalue weighted by atomic mass is 16.5. The molecule has 0 spiro atoms. The van der Waals surface area contributed by atoms with Crippen molar-refractivity contribution in [3.63, 3.8) is 0 Å². The van der Waals surface area contributed by atoms with Gasteiger partial charge in [0.1, 0.15) is 28.8 Å². The number of nitrogen functional groups attached to an aromatic ring is 1. The topological polar surface area (TPSA) is 110 Å². The number of nitrogens with two attached hydrogens (primary N) is 1. The number of hydrogen-bond donors (Lipinski definition) is 2. The molecule has 0 aliphatic carbocycles. The lowest BCUT2D eigenvalue weighted by Gasteiger charge is -2.14. The van der Waals surface area contributed by atoms with E-state index in [1.807, 2.05) is 30.3 Å². The maximum absolute atomic E-state index is 11.8. The first-order valence-electron chi connectivity index (χ1n) is 7.17. The molecule has 2 rings (SSSR count). The highest BCUT2D eigenvalue weighted by Crippen LogP contribution is 2.27. The van der Waals surface area contributed by atoms with Crippen molar-refractivity contribution in [3.05, 3.63) is 46.6 Å². The smallest absolute Gasteiger partial charge is 0.341 e. The molecule has 0 saturated carbocycles. The standard InChI is InChI=1S/C17H18N4O3/c1-10-14(17(22)24-3)15(19)13(8-18)16(21-10)20-9-11-4-6-12(23-2)7-5-11/h4-7H,9H2,1-3H3,(H3,19,20,21). The van der Waals surface area contributed by atoms with Gasteiger partial charge < -0.3 is 20.5 Å². The van der Waals surface area contributed by atoms with Crippen LogP contribution in [-0.4, -0.2) is 25.2 Å². The van der Waals surface area contributed by atoms with Gasteiger partial charge in [-0.15, -0.1) is 0 Å². The number of pyridine rings is 1. The molecular weight excluding hydrogens is 308 g/mol. The number of anilines is 2. The number of nitriles is 1. The van der Waals surface area contributed by atoms with Crippen LogP contribution in [0.1, 0.15) is 27.2 Å². The summed E-state index contributed by atoms with van der Waals surface area (Å²) in [6, 6.07) is 9.47. The molecule has 2 aromatic rings. The second-order valence-corrected chi connectivity index (χ2v) is 5.01. The third-order valence-electron chi connectivity index (χ3n) is 3.54. The van der Waals surface area contributed by atoms with Gasteiger partial charge in [-0.05, 0) is 24.6 Å². The summed E-state index contributed by atoms with van der Waals surface area (Å²) < 4.78 is 9.80. The van der Waals surface area contributed by atoms with E-state index in [-0.39, 0.29) is 16.8 Å². The molecular formula is C17H18N4O3. The Morgan fingerprint density at radius 3 is 2.54 bits per heavy atom. The number of esters is 1. The first-order valence-corrected chi connectivity index (χ1v) is 7.17. The lowest BCUT2D eigenvalue weighted by Crippen LogP contribution is -2.14. The van der Waals surface area contributed by atoms with Crippen LogP contribution in [-0.2, 0) is 11.3 Å². The van der Waals surface area contributed by atoms with E-state index in [1.54, 1.807) is 14.0 Å². The molecule has 7 heteroatoms. The molecule has 0 unspecified atom stereocenters. The second-order valence-electron chi connectivity index (χ2n) is 5.01. The zero-order valence-corrected chi connectivity index (χ0v) is 13.7. The monoisotopic (exact) mass is 326 g/mol. The van der Waals surface area contributed by atoms with Crippen molar-refractivity contribution >= 4 is 17.5 Å². The lowest BCUT2D eigenvalue weighted by molar-refractivity contribution is 0.0600. The number of nitrogens with one attached hydrogen (secondary N) is 1. The van der Waals surface area contributed by atoms with Gasteiger partial charge >= 0.3 is 5.97 Å². The molecule has 3 N–H and O–H groups in total. The Balaban J connectivity index is 2.30. The average molecular weight is 326 g/mol. The molecule has 7 nitrogen and oxygen atoms in total. The molecule has 0 fully saturated rings. The Morgan fingerprint density at radius 2 is 2.00 bits per heavy atom. The van der Waals surface area contributed by atoms with Crippen LogP contribution in [0.25, 0.3) is 0 Å². The van der Waals surface area contributed by atoms with Crippen LogP contribution in [0.15, 0.2) is 24.3 Å². The van der Waals surface area contributed by atoms with Crippen LogP contribution in [0, 0.1) is 18.3 Å². The fraction of sp³-hybridized carbons (Fsp3) is 0.235. The quantitative estimate of drug-likeness (QED) is 0.811. The number of hydrogen-bond acceptors (Lipinski definition) is 7. The van der Waals surface area contributed by atoms with Gasteiger partial charge in [-0.2, -0.15) is 5.26 Å². The molecule has 0 radical (unpaired) electrons. The second kappa shape index (κ2) is 7.33. The van der Waals surface area contributed by atoms with Crippen molar-refractivity contribution in [1.82, 2.24) is 4.98 Å². The maximum Gasteiger partial charge on any atom is 0.341 e. The number of aromatic nitrogens is 1. The molecule has 0 aliphatic rings. The van der Waals surface area contributed by atoms with Gasteiger partial charge in [0, 0.05) is 6.54 Å². The number of carbonyl (C=O) groups excluding carboxylic acids is 1. The van der Waals surface area contributed by atoms with Gasteiger partial charge in [-0.3, -0.25) is 0 Å². The van der Waals surface area contributed by atoms with E-state index in [2.05, 4.69) is 15.0 Å².